The molecule has 0 N–H and O–H groups in total. The van der Waals surface area contributed by atoms with Gasteiger partial charge in [-0.2, -0.15) is 5.26 Å². The Kier molecular flexibility index (Phi) is 3.37. The predicted molar refractivity (Wildman–Crippen MR) is 65.5 cm³/mol. The number of hydrogen-bond acceptors (Lipinski definition) is 3. The molecule has 0 atom stereocenters. The number of rotatable bonds is 3. The van der Waals surface area contributed by atoms with Gasteiger partial charge in [0.1, 0.15) is 0 Å². The highest BCUT2D eigenvalue weighted by Gasteiger charge is 2.07. The van der Waals surface area contributed by atoms with E-state index in [4.69, 9.17) is 10.00 Å². The molecule has 0 bridgehead atoms. The van der Waals surface area contributed by atoms with Crippen LogP contribution < -0.4 is 4.74 Å². The molecule has 2 aromatic rings. The SMILES string of the molecule is COc1ccc(-c2ccccc2)c(CC#N)n1. The Morgan fingerprint density at radius 1 is 1.18 bits per heavy atom. The first-order chi connectivity index (χ1) is 8.35. The molecule has 1 heterocycles. The normalized spacial score (nSPS) is 9.65. The summed E-state index contributed by atoms with van der Waals surface area (Å²) in [5.74, 6) is 0.537. The van der Waals surface area contributed by atoms with Crippen molar-refractivity contribution in [2.24, 2.45) is 0 Å². The van der Waals surface area contributed by atoms with Crippen molar-refractivity contribution in [3.8, 4) is 23.1 Å². The number of nitriles is 1. The lowest BCUT2D eigenvalue weighted by Crippen LogP contribution is -1.96. The van der Waals surface area contributed by atoms with Crippen LogP contribution in [0.3, 0.4) is 0 Å². The van der Waals surface area contributed by atoms with E-state index in [9.17, 15) is 0 Å². The van der Waals surface area contributed by atoms with Crippen LogP contribution in [0.2, 0.25) is 0 Å². The summed E-state index contributed by atoms with van der Waals surface area (Å²) in [6.07, 6.45) is 0.279. The van der Waals surface area contributed by atoms with Gasteiger partial charge in [0.25, 0.3) is 0 Å². The van der Waals surface area contributed by atoms with Gasteiger partial charge in [-0.05, 0) is 11.6 Å². The van der Waals surface area contributed by atoms with Gasteiger partial charge in [-0.1, -0.05) is 30.3 Å². The first-order valence-electron chi connectivity index (χ1n) is 5.31. The highest BCUT2D eigenvalue weighted by molar-refractivity contribution is 5.66. The predicted octanol–water partition coefficient (Wildman–Crippen LogP) is 2.82. The number of hydrogen-bond donors (Lipinski definition) is 0. The zero-order valence-corrected chi connectivity index (χ0v) is 9.55. The second-order valence-corrected chi connectivity index (χ2v) is 3.55. The van der Waals surface area contributed by atoms with Gasteiger partial charge in [-0.15, -0.1) is 0 Å². The molecule has 0 radical (unpaired) electrons. The first-order valence-corrected chi connectivity index (χ1v) is 5.31. The summed E-state index contributed by atoms with van der Waals surface area (Å²) in [6, 6.07) is 15.8. The largest absolute Gasteiger partial charge is 0.481 e. The smallest absolute Gasteiger partial charge is 0.213 e. The summed E-state index contributed by atoms with van der Waals surface area (Å²) in [6.45, 7) is 0. The van der Waals surface area contributed by atoms with E-state index in [1.54, 1.807) is 7.11 Å². The Bertz CT molecular complexity index is 544. The number of aromatic nitrogens is 1. The van der Waals surface area contributed by atoms with Crippen LogP contribution in [0.4, 0.5) is 0 Å². The molecule has 3 heteroatoms. The van der Waals surface area contributed by atoms with E-state index >= 15 is 0 Å². The maximum atomic E-state index is 8.82. The molecule has 0 saturated carbocycles. The molecule has 0 unspecified atom stereocenters. The van der Waals surface area contributed by atoms with Crippen LogP contribution >= 0.6 is 0 Å². The Hall–Kier alpha value is -2.34. The Morgan fingerprint density at radius 2 is 1.94 bits per heavy atom. The van der Waals surface area contributed by atoms with Crippen molar-refractivity contribution < 1.29 is 4.74 Å². The lowest BCUT2D eigenvalue weighted by atomic mass is 10.0. The summed E-state index contributed by atoms with van der Waals surface area (Å²) in [4.78, 5) is 4.31. The van der Waals surface area contributed by atoms with Gasteiger partial charge >= 0.3 is 0 Å². The third-order valence-electron chi connectivity index (χ3n) is 2.49. The fourth-order valence-corrected chi connectivity index (χ4v) is 1.69. The van der Waals surface area contributed by atoms with Crippen molar-refractivity contribution in [3.05, 3.63) is 48.2 Å². The van der Waals surface area contributed by atoms with Crippen LogP contribution in [0.5, 0.6) is 5.88 Å². The fourth-order valence-electron chi connectivity index (χ4n) is 1.69. The van der Waals surface area contributed by atoms with Crippen molar-refractivity contribution >= 4 is 0 Å². The molecule has 0 amide bonds. The van der Waals surface area contributed by atoms with Crippen molar-refractivity contribution in [2.45, 2.75) is 6.42 Å². The molecule has 0 fully saturated rings. The molecule has 0 aliphatic carbocycles. The molecule has 1 aromatic heterocycles. The highest BCUT2D eigenvalue weighted by Crippen LogP contribution is 2.24. The number of methoxy groups -OCH3 is 1. The average molecular weight is 224 g/mol. The van der Waals surface area contributed by atoms with Crippen LogP contribution in [-0.4, -0.2) is 12.1 Å². The third-order valence-corrected chi connectivity index (χ3v) is 2.49. The second-order valence-electron chi connectivity index (χ2n) is 3.55. The van der Waals surface area contributed by atoms with E-state index < -0.39 is 0 Å². The zero-order valence-electron chi connectivity index (χ0n) is 9.55. The maximum absolute atomic E-state index is 8.82. The second kappa shape index (κ2) is 5.13. The summed E-state index contributed by atoms with van der Waals surface area (Å²) < 4.78 is 5.07. The summed E-state index contributed by atoms with van der Waals surface area (Å²) in [5.41, 5.74) is 2.79. The van der Waals surface area contributed by atoms with E-state index in [2.05, 4.69) is 11.1 Å². The van der Waals surface area contributed by atoms with Crippen molar-refractivity contribution in [1.82, 2.24) is 4.98 Å². The number of ether oxygens (including phenoxy) is 1. The van der Waals surface area contributed by atoms with Gasteiger partial charge < -0.3 is 4.74 Å². The first kappa shape index (κ1) is 11.2. The topological polar surface area (TPSA) is 45.9 Å². The number of nitrogens with zero attached hydrogens (tertiary/aromatic N) is 2. The van der Waals surface area contributed by atoms with Crippen LogP contribution in [0, 0.1) is 11.3 Å². The van der Waals surface area contributed by atoms with Crippen LogP contribution in [0.15, 0.2) is 42.5 Å². The number of benzene rings is 1. The molecular weight excluding hydrogens is 212 g/mol. The van der Waals surface area contributed by atoms with E-state index in [0.717, 1.165) is 16.8 Å². The van der Waals surface area contributed by atoms with E-state index in [0.29, 0.717) is 5.88 Å². The Balaban J connectivity index is 2.50. The fraction of sp³-hybridized carbons (Fsp3) is 0.143. The van der Waals surface area contributed by atoms with Gasteiger partial charge in [0.15, 0.2) is 0 Å². The quantitative estimate of drug-likeness (QED) is 0.805. The van der Waals surface area contributed by atoms with Crippen molar-refractivity contribution in [2.75, 3.05) is 7.11 Å². The minimum absolute atomic E-state index is 0.279. The lowest BCUT2D eigenvalue weighted by Gasteiger charge is -2.08. The molecule has 0 aliphatic heterocycles. The Labute approximate surface area is 100 Å². The van der Waals surface area contributed by atoms with Crippen molar-refractivity contribution in [1.29, 1.82) is 5.26 Å². The monoisotopic (exact) mass is 224 g/mol. The summed E-state index contributed by atoms with van der Waals surface area (Å²) >= 11 is 0. The highest BCUT2D eigenvalue weighted by atomic mass is 16.5. The van der Waals surface area contributed by atoms with E-state index in [1.165, 1.54) is 0 Å². The minimum atomic E-state index is 0.279. The lowest BCUT2D eigenvalue weighted by molar-refractivity contribution is 0.397. The van der Waals surface area contributed by atoms with Gasteiger partial charge in [-0.3, -0.25) is 0 Å². The maximum Gasteiger partial charge on any atom is 0.213 e. The van der Waals surface area contributed by atoms with Gasteiger partial charge in [0, 0.05) is 11.6 Å². The molecule has 0 saturated heterocycles. The van der Waals surface area contributed by atoms with Crippen molar-refractivity contribution in [3.63, 3.8) is 0 Å². The van der Waals surface area contributed by atoms with E-state index in [1.807, 2.05) is 42.5 Å². The molecule has 0 spiro atoms. The molecule has 3 nitrogen and oxygen atoms in total. The van der Waals surface area contributed by atoms with Gasteiger partial charge in [0.2, 0.25) is 5.88 Å². The summed E-state index contributed by atoms with van der Waals surface area (Å²) in [5, 5.41) is 8.82. The van der Waals surface area contributed by atoms with Crippen LogP contribution in [-0.2, 0) is 6.42 Å². The average Bonchev–Trinajstić information content (AvgIpc) is 2.40. The third kappa shape index (κ3) is 2.43. The number of pyridine rings is 1. The summed E-state index contributed by atoms with van der Waals surface area (Å²) in [7, 11) is 1.57. The molecule has 17 heavy (non-hydrogen) atoms. The van der Waals surface area contributed by atoms with Gasteiger partial charge in [0.05, 0.1) is 25.3 Å². The molecule has 2 rings (SSSR count). The van der Waals surface area contributed by atoms with Crippen LogP contribution in [0.25, 0.3) is 11.1 Å². The Morgan fingerprint density at radius 3 is 2.59 bits per heavy atom. The van der Waals surface area contributed by atoms with Crippen LogP contribution in [0.1, 0.15) is 5.69 Å². The molecule has 84 valence electrons. The zero-order chi connectivity index (χ0) is 12.1. The van der Waals surface area contributed by atoms with Gasteiger partial charge in [-0.25, -0.2) is 4.98 Å². The molecule has 0 aliphatic rings. The molecular formula is C14H12N2O. The minimum Gasteiger partial charge on any atom is -0.481 e. The van der Waals surface area contributed by atoms with E-state index in [-0.39, 0.29) is 6.42 Å². The standard InChI is InChI=1S/C14H12N2O/c1-17-14-8-7-12(13(16-14)9-10-15)11-5-3-2-4-6-11/h2-8H,9H2,1H3. The molecule has 1 aromatic carbocycles.